The van der Waals surface area contributed by atoms with Crippen molar-refractivity contribution in [3.8, 4) is 11.5 Å². The van der Waals surface area contributed by atoms with Crippen LogP contribution < -0.4 is 15.0 Å². The van der Waals surface area contributed by atoms with Crippen LogP contribution in [-0.2, 0) is 9.59 Å². The van der Waals surface area contributed by atoms with Crippen LogP contribution in [0.4, 0.5) is 11.4 Å². The zero-order valence-corrected chi connectivity index (χ0v) is 19.0. The number of anilines is 2. The first-order valence-corrected chi connectivity index (χ1v) is 10.9. The molecule has 0 bridgehead atoms. The number of benzene rings is 3. The zero-order chi connectivity index (χ0) is 22.0. The van der Waals surface area contributed by atoms with Gasteiger partial charge in [0, 0.05) is 28.8 Å². The summed E-state index contributed by atoms with van der Waals surface area (Å²) >= 11 is 3.40. The first-order chi connectivity index (χ1) is 14.9. The van der Waals surface area contributed by atoms with Gasteiger partial charge in [-0.3, -0.25) is 9.59 Å². The standard InChI is InChI=1S/C25H23BrN2O3/c1-16-3-4-17(2)23(13-16)28-15-18(14-24(28)29)25(30)27-20-7-11-22(12-8-20)31-21-9-5-19(26)6-10-21/h3-13,18H,14-15H2,1-2H3,(H,27,30)/t18-/m1/s1. The predicted octanol–water partition coefficient (Wildman–Crippen LogP) is 5.85. The zero-order valence-electron chi connectivity index (χ0n) is 17.4. The second-order valence-electron chi connectivity index (χ2n) is 7.76. The number of hydrogen-bond acceptors (Lipinski definition) is 3. The maximum atomic E-state index is 12.8. The molecule has 1 aliphatic heterocycles. The van der Waals surface area contributed by atoms with Gasteiger partial charge in [0.05, 0.1) is 5.92 Å². The molecule has 0 unspecified atom stereocenters. The van der Waals surface area contributed by atoms with E-state index < -0.39 is 0 Å². The van der Waals surface area contributed by atoms with Gasteiger partial charge in [0.25, 0.3) is 0 Å². The number of ether oxygens (including phenoxy) is 1. The number of nitrogens with one attached hydrogen (secondary N) is 1. The minimum atomic E-state index is -0.383. The number of rotatable bonds is 5. The molecule has 31 heavy (non-hydrogen) atoms. The molecule has 3 aromatic carbocycles. The molecule has 3 aromatic rings. The van der Waals surface area contributed by atoms with Crippen LogP contribution in [0.2, 0.25) is 0 Å². The summed E-state index contributed by atoms with van der Waals surface area (Å²) in [5.74, 6) is 0.856. The molecule has 0 radical (unpaired) electrons. The monoisotopic (exact) mass is 478 g/mol. The van der Waals surface area contributed by atoms with E-state index in [-0.39, 0.29) is 24.2 Å². The van der Waals surface area contributed by atoms with Crippen LogP contribution in [0.5, 0.6) is 11.5 Å². The van der Waals surface area contributed by atoms with Gasteiger partial charge >= 0.3 is 0 Å². The number of hydrogen-bond donors (Lipinski definition) is 1. The lowest BCUT2D eigenvalue weighted by atomic mass is 10.1. The highest BCUT2D eigenvalue weighted by atomic mass is 79.9. The van der Waals surface area contributed by atoms with Crippen molar-refractivity contribution in [3.05, 3.63) is 82.3 Å². The molecule has 6 heteroatoms. The van der Waals surface area contributed by atoms with Gasteiger partial charge in [0.2, 0.25) is 11.8 Å². The van der Waals surface area contributed by atoms with E-state index in [1.807, 2.05) is 56.3 Å². The van der Waals surface area contributed by atoms with E-state index in [1.54, 1.807) is 29.2 Å². The Kier molecular flexibility index (Phi) is 6.09. The van der Waals surface area contributed by atoms with E-state index in [2.05, 4.69) is 21.2 Å². The molecule has 158 valence electrons. The van der Waals surface area contributed by atoms with E-state index in [0.717, 1.165) is 27.0 Å². The first kappa shape index (κ1) is 21.1. The number of halogens is 1. The molecule has 1 heterocycles. The molecule has 4 rings (SSSR count). The largest absolute Gasteiger partial charge is 0.457 e. The number of carbonyl (C=O) groups is 2. The van der Waals surface area contributed by atoms with Gasteiger partial charge in [-0.15, -0.1) is 0 Å². The van der Waals surface area contributed by atoms with Gasteiger partial charge in [-0.2, -0.15) is 0 Å². The second-order valence-corrected chi connectivity index (χ2v) is 8.68. The Balaban J connectivity index is 1.38. The molecular formula is C25H23BrN2O3. The molecule has 1 atom stereocenters. The molecular weight excluding hydrogens is 456 g/mol. The summed E-state index contributed by atoms with van der Waals surface area (Å²) in [6.45, 7) is 4.37. The normalized spacial score (nSPS) is 15.8. The third kappa shape index (κ3) is 4.97. The number of amides is 2. The highest BCUT2D eigenvalue weighted by Gasteiger charge is 2.35. The Morgan fingerprint density at radius 3 is 2.32 bits per heavy atom. The third-order valence-electron chi connectivity index (χ3n) is 5.32. The van der Waals surface area contributed by atoms with E-state index >= 15 is 0 Å². The average molecular weight is 479 g/mol. The van der Waals surface area contributed by atoms with Crippen molar-refractivity contribution in [2.24, 2.45) is 5.92 Å². The molecule has 5 nitrogen and oxygen atoms in total. The molecule has 1 saturated heterocycles. The molecule has 1 aliphatic rings. The fourth-order valence-corrected chi connectivity index (χ4v) is 3.88. The lowest BCUT2D eigenvalue weighted by molar-refractivity contribution is -0.122. The predicted molar refractivity (Wildman–Crippen MR) is 126 cm³/mol. The van der Waals surface area contributed by atoms with Crippen molar-refractivity contribution in [1.29, 1.82) is 0 Å². The van der Waals surface area contributed by atoms with Crippen molar-refractivity contribution >= 4 is 39.1 Å². The van der Waals surface area contributed by atoms with Crippen molar-refractivity contribution in [3.63, 3.8) is 0 Å². The summed E-state index contributed by atoms with van der Waals surface area (Å²) < 4.78 is 6.79. The van der Waals surface area contributed by atoms with Gasteiger partial charge in [-0.25, -0.2) is 0 Å². The van der Waals surface area contributed by atoms with Crippen LogP contribution in [0, 0.1) is 19.8 Å². The topological polar surface area (TPSA) is 58.6 Å². The van der Waals surface area contributed by atoms with Crippen LogP contribution in [0.1, 0.15) is 17.5 Å². The molecule has 0 saturated carbocycles. The second kappa shape index (κ2) is 8.94. The summed E-state index contributed by atoms with van der Waals surface area (Å²) in [7, 11) is 0. The maximum absolute atomic E-state index is 12.8. The number of carbonyl (C=O) groups excluding carboxylic acids is 2. The maximum Gasteiger partial charge on any atom is 0.229 e. The van der Waals surface area contributed by atoms with Gasteiger partial charge < -0.3 is 15.0 Å². The van der Waals surface area contributed by atoms with Crippen molar-refractivity contribution < 1.29 is 14.3 Å². The number of nitrogens with zero attached hydrogens (tertiary/aromatic N) is 1. The summed E-state index contributed by atoms with van der Waals surface area (Å²) in [5, 5.41) is 2.92. The Bertz CT molecular complexity index is 1110. The van der Waals surface area contributed by atoms with Crippen LogP contribution >= 0.6 is 15.9 Å². The fraction of sp³-hybridized carbons (Fsp3) is 0.200. The summed E-state index contributed by atoms with van der Waals surface area (Å²) in [6.07, 6.45) is 0.212. The van der Waals surface area contributed by atoms with Gasteiger partial charge in [-0.05, 0) is 79.6 Å². The van der Waals surface area contributed by atoms with E-state index in [0.29, 0.717) is 18.0 Å². The average Bonchev–Trinajstić information content (AvgIpc) is 3.14. The molecule has 1 fully saturated rings. The van der Waals surface area contributed by atoms with Crippen LogP contribution in [0.15, 0.2) is 71.2 Å². The van der Waals surface area contributed by atoms with Gasteiger partial charge in [0.15, 0.2) is 0 Å². The highest BCUT2D eigenvalue weighted by Crippen LogP contribution is 2.30. The minimum Gasteiger partial charge on any atom is -0.457 e. The molecule has 0 aromatic heterocycles. The van der Waals surface area contributed by atoms with Gasteiger partial charge in [-0.1, -0.05) is 28.1 Å². The Morgan fingerprint density at radius 1 is 1.00 bits per heavy atom. The summed E-state index contributed by atoms with van der Waals surface area (Å²) in [6, 6.07) is 20.8. The Labute approximate surface area is 190 Å². The molecule has 1 N–H and O–H groups in total. The minimum absolute atomic E-state index is 0.0212. The molecule has 0 aliphatic carbocycles. The van der Waals surface area contributed by atoms with Gasteiger partial charge in [0.1, 0.15) is 11.5 Å². The first-order valence-electron chi connectivity index (χ1n) is 10.1. The third-order valence-corrected chi connectivity index (χ3v) is 5.85. The van der Waals surface area contributed by atoms with Crippen molar-refractivity contribution in [1.82, 2.24) is 0 Å². The fourth-order valence-electron chi connectivity index (χ4n) is 3.62. The van der Waals surface area contributed by atoms with E-state index in [1.165, 1.54) is 0 Å². The Hall–Kier alpha value is -3.12. The quantitative estimate of drug-likeness (QED) is 0.500. The summed E-state index contributed by atoms with van der Waals surface area (Å²) in [5.41, 5.74) is 3.67. The SMILES string of the molecule is Cc1ccc(C)c(N2C[C@H](C(=O)Nc3ccc(Oc4ccc(Br)cc4)cc3)CC2=O)c1. The highest BCUT2D eigenvalue weighted by molar-refractivity contribution is 9.10. The lowest BCUT2D eigenvalue weighted by Gasteiger charge is -2.19. The van der Waals surface area contributed by atoms with Crippen molar-refractivity contribution in [2.75, 3.05) is 16.8 Å². The molecule has 2 amide bonds. The van der Waals surface area contributed by atoms with E-state index in [4.69, 9.17) is 4.74 Å². The number of aryl methyl sites for hydroxylation is 2. The lowest BCUT2D eigenvalue weighted by Crippen LogP contribution is -2.28. The molecule has 0 spiro atoms. The Morgan fingerprint density at radius 2 is 1.65 bits per heavy atom. The van der Waals surface area contributed by atoms with Crippen molar-refractivity contribution in [2.45, 2.75) is 20.3 Å². The van der Waals surface area contributed by atoms with E-state index in [9.17, 15) is 9.59 Å². The summed E-state index contributed by atoms with van der Waals surface area (Å²) in [4.78, 5) is 27.1. The van der Waals surface area contributed by atoms with Crippen LogP contribution in [0.3, 0.4) is 0 Å². The smallest absolute Gasteiger partial charge is 0.229 e. The van der Waals surface area contributed by atoms with Crippen LogP contribution in [-0.4, -0.2) is 18.4 Å². The van der Waals surface area contributed by atoms with Crippen LogP contribution in [0.25, 0.3) is 0 Å².